The van der Waals surface area contributed by atoms with Crippen LogP contribution in [0.2, 0.25) is 0 Å². The van der Waals surface area contributed by atoms with Crippen molar-refractivity contribution in [1.82, 2.24) is 39.2 Å². The molecule has 4 aromatic heterocycles. The van der Waals surface area contributed by atoms with Gasteiger partial charge < -0.3 is 19.5 Å². The van der Waals surface area contributed by atoms with Crippen molar-refractivity contribution >= 4 is 56.8 Å². The van der Waals surface area contributed by atoms with E-state index in [0.29, 0.717) is 53.7 Å². The third-order valence-corrected chi connectivity index (χ3v) is 11.9. The number of amides is 4. The maximum atomic E-state index is 13.6. The van der Waals surface area contributed by atoms with Gasteiger partial charge in [-0.25, -0.2) is 9.78 Å². The fourth-order valence-electron chi connectivity index (χ4n) is 8.85. The summed E-state index contributed by atoms with van der Waals surface area (Å²) in [6.07, 6.45) is 16.7. The van der Waals surface area contributed by atoms with Crippen LogP contribution in [-0.2, 0) is 4.79 Å². The van der Waals surface area contributed by atoms with Crippen LogP contribution in [0.15, 0.2) is 73.3 Å². The second kappa shape index (κ2) is 13.8. The van der Waals surface area contributed by atoms with E-state index in [1.165, 1.54) is 12.8 Å². The molecule has 4 fully saturated rings. The van der Waals surface area contributed by atoms with Crippen molar-refractivity contribution in [2.45, 2.75) is 76.0 Å². The number of rotatable bonds is 9. The summed E-state index contributed by atoms with van der Waals surface area (Å²) in [4.78, 5) is 46.6. The Hall–Kier alpha value is -5.76. The van der Waals surface area contributed by atoms with Crippen molar-refractivity contribution in [3.05, 3.63) is 78.9 Å². The van der Waals surface area contributed by atoms with Crippen molar-refractivity contribution in [2.24, 2.45) is 5.92 Å². The number of imide groups is 1. The van der Waals surface area contributed by atoms with Crippen LogP contribution in [0.25, 0.3) is 27.5 Å². The Balaban J connectivity index is 0.764. The van der Waals surface area contributed by atoms with E-state index < -0.39 is 0 Å². The Labute approximate surface area is 317 Å². The minimum Gasteiger partial charge on any atom is -0.490 e. The molecule has 14 nitrogen and oxygen atoms in total. The molecule has 2 N–H and O–H groups in total. The van der Waals surface area contributed by atoms with E-state index in [1.54, 1.807) is 21.8 Å². The first-order chi connectivity index (χ1) is 26.9. The van der Waals surface area contributed by atoms with E-state index in [-0.39, 0.29) is 23.9 Å². The molecule has 0 radical (unpaired) electrons. The number of imidazole rings is 1. The molecule has 2 aliphatic heterocycles. The zero-order valence-corrected chi connectivity index (χ0v) is 30.6. The molecule has 4 amide bonds. The number of anilines is 2. The number of hydrogen-bond acceptors (Lipinski definition) is 8. The van der Waals surface area contributed by atoms with Gasteiger partial charge in [0.1, 0.15) is 5.75 Å². The number of carbonyl (C=O) groups is 3. The third-order valence-electron chi connectivity index (χ3n) is 11.9. The summed E-state index contributed by atoms with van der Waals surface area (Å²) in [5.74, 6) is 1.26. The van der Waals surface area contributed by atoms with Crippen LogP contribution < -0.4 is 20.3 Å². The van der Waals surface area contributed by atoms with Crippen molar-refractivity contribution in [1.29, 1.82) is 0 Å². The van der Waals surface area contributed by atoms with Gasteiger partial charge in [-0.3, -0.25) is 24.5 Å². The standard InChI is InChI=1S/C41H44N10O4/c52-39-15-20-49(41(54)45-39)35-4-1-3-34-31(35)14-19-48(34)28-8-6-26(7-9-28)24-47-17-12-29(13-18-47)50-25-27-21-32(36(22-33(27)46-50)55-30-10-11-30)40(53)44-38-23-42-37-5-2-16-43-51(37)38/h1-5,14,16,19,21-23,25-26,28-30H,6-13,15,17-18,20,24H2,(H,44,53)(H,45,52,54). The number of carbonyl (C=O) groups excluding carboxylic acids is 3. The van der Waals surface area contributed by atoms with Crippen LogP contribution in [-0.4, -0.2) is 84.0 Å². The van der Waals surface area contributed by atoms with E-state index in [9.17, 15) is 14.4 Å². The van der Waals surface area contributed by atoms with Crippen LogP contribution in [0.3, 0.4) is 0 Å². The number of likely N-dealkylation sites (tertiary alicyclic amines) is 1. The summed E-state index contributed by atoms with van der Waals surface area (Å²) in [6.45, 7) is 3.61. The van der Waals surface area contributed by atoms with Crippen molar-refractivity contribution < 1.29 is 19.1 Å². The number of nitrogens with one attached hydrogen (secondary N) is 2. The largest absolute Gasteiger partial charge is 0.490 e. The Morgan fingerprint density at radius 2 is 1.78 bits per heavy atom. The van der Waals surface area contributed by atoms with Gasteiger partial charge in [0, 0.05) is 74.1 Å². The first-order valence-electron chi connectivity index (χ1n) is 19.7. The molecule has 10 rings (SSSR count). The predicted molar refractivity (Wildman–Crippen MR) is 207 cm³/mol. The Kier molecular flexibility index (Phi) is 8.49. The lowest BCUT2D eigenvalue weighted by molar-refractivity contribution is -0.120. The summed E-state index contributed by atoms with van der Waals surface area (Å²) in [6, 6.07) is 16.1. The summed E-state index contributed by atoms with van der Waals surface area (Å²) in [5.41, 5.74) is 3.98. The molecule has 282 valence electrons. The number of fused-ring (bicyclic) bond motifs is 3. The monoisotopic (exact) mass is 740 g/mol. The molecule has 2 aliphatic carbocycles. The summed E-state index contributed by atoms with van der Waals surface area (Å²) < 4.78 is 12.4. The van der Waals surface area contributed by atoms with Crippen LogP contribution in [0.1, 0.15) is 80.2 Å². The van der Waals surface area contributed by atoms with Gasteiger partial charge >= 0.3 is 6.03 Å². The van der Waals surface area contributed by atoms with E-state index >= 15 is 0 Å². The number of aromatic nitrogens is 6. The highest BCUT2D eigenvalue weighted by Gasteiger charge is 2.31. The number of urea groups is 1. The lowest BCUT2D eigenvalue weighted by Crippen LogP contribution is -2.49. The van der Waals surface area contributed by atoms with Crippen LogP contribution in [0.4, 0.5) is 16.3 Å². The number of ether oxygens (including phenoxy) is 1. The third kappa shape index (κ3) is 6.58. The van der Waals surface area contributed by atoms with Crippen LogP contribution in [0.5, 0.6) is 5.75 Å². The first kappa shape index (κ1) is 33.8. The van der Waals surface area contributed by atoms with E-state index in [0.717, 1.165) is 85.7 Å². The minimum absolute atomic E-state index is 0.134. The molecule has 2 saturated carbocycles. The van der Waals surface area contributed by atoms with Crippen molar-refractivity contribution in [3.63, 3.8) is 0 Å². The highest BCUT2D eigenvalue weighted by atomic mass is 16.5. The second-order valence-electron chi connectivity index (χ2n) is 15.6. The normalized spacial score (nSPS) is 21.4. The SMILES string of the molecule is O=C1CCN(c2cccc3c2ccn3C2CCC(CN3CCC(n4cc5cc(C(=O)Nc6cnc7cccnn67)c(OC6CC6)cc5n4)CC3)CC2)C(=O)N1. The summed E-state index contributed by atoms with van der Waals surface area (Å²) in [7, 11) is 0. The van der Waals surface area contributed by atoms with Gasteiger partial charge in [-0.15, -0.1) is 0 Å². The molecule has 2 saturated heterocycles. The highest BCUT2D eigenvalue weighted by Crippen LogP contribution is 2.38. The fraction of sp³-hybridized carbons (Fsp3) is 0.415. The van der Waals surface area contributed by atoms with Crippen molar-refractivity contribution in [3.8, 4) is 5.75 Å². The minimum atomic E-state index is -0.346. The van der Waals surface area contributed by atoms with Gasteiger partial charge in [-0.1, -0.05) is 6.07 Å². The molecular weight excluding hydrogens is 697 g/mol. The zero-order valence-electron chi connectivity index (χ0n) is 30.6. The van der Waals surface area contributed by atoms with Gasteiger partial charge in [-0.2, -0.15) is 14.7 Å². The maximum absolute atomic E-state index is 13.6. The maximum Gasteiger partial charge on any atom is 0.328 e. The number of piperidine rings is 1. The molecule has 55 heavy (non-hydrogen) atoms. The predicted octanol–water partition coefficient (Wildman–Crippen LogP) is 6.34. The summed E-state index contributed by atoms with van der Waals surface area (Å²) >= 11 is 0. The molecule has 2 aromatic carbocycles. The van der Waals surface area contributed by atoms with Gasteiger partial charge in [0.2, 0.25) is 5.91 Å². The van der Waals surface area contributed by atoms with Gasteiger partial charge in [0.05, 0.1) is 40.6 Å². The number of benzene rings is 2. The summed E-state index contributed by atoms with van der Waals surface area (Å²) in [5, 5.41) is 16.7. The first-order valence-corrected chi connectivity index (χ1v) is 19.7. The molecule has 6 heterocycles. The Morgan fingerprint density at radius 3 is 2.60 bits per heavy atom. The number of hydrogen-bond donors (Lipinski definition) is 2. The highest BCUT2D eigenvalue weighted by molar-refractivity contribution is 6.10. The number of nitrogens with zero attached hydrogens (tertiary/aromatic N) is 8. The fourth-order valence-corrected chi connectivity index (χ4v) is 8.85. The Morgan fingerprint density at radius 1 is 0.927 bits per heavy atom. The average Bonchev–Trinajstić information content (AvgIpc) is 3.55. The molecule has 6 aromatic rings. The lowest BCUT2D eigenvalue weighted by Gasteiger charge is -2.37. The van der Waals surface area contributed by atoms with Crippen molar-refractivity contribution in [2.75, 3.05) is 36.4 Å². The molecule has 4 aliphatic rings. The quantitative estimate of drug-likeness (QED) is 0.175. The average molecular weight is 741 g/mol. The lowest BCUT2D eigenvalue weighted by atomic mass is 9.85. The van der Waals surface area contributed by atoms with E-state index in [4.69, 9.17) is 9.84 Å². The molecule has 0 bridgehead atoms. The molecular formula is C41H44N10O4. The van der Waals surface area contributed by atoms with E-state index in [1.807, 2.05) is 36.4 Å². The molecule has 0 unspecified atom stereocenters. The molecule has 14 heteroatoms. The van der Waals surface area contributed by atoms with Gasteiger partial charge in [0.15, 0.2) is 11.5 Å². The second-order valence-corrected chi connectivity index (χ2v) is 15.6. The van der Waals surface area contributed by atoms with Crippen LogP contribution >= 0.6 is 0 Å². The zero-order chi connectivity index (χ0) is 37.0. The smallest absolute Gasteiger partial charge is 0.328 e. The molecule has 0 atom stereocenters. The topological polar surface area (TPSA) is 144 Å². The molecule has 0 spiro atoms. The van der Waals surface area contributed by atoms with E-state index in [2.05, 4.69) is 59.4 Å². The van der Waals surface area contributed by atoms with Crippen LogP contribution in [0, 0.1) is 5.92 Å². The van der Waals surface area contributed by atoms with Gasteiger partial charge in [0.25, 0.3) is 5.91 Å². The Bertz CT molecular complexity index is 2430. The van der Waals surface area contributed by atoms with Gasteiger partial charge in [-0.05, 0) is 93.7 Å².